The fraction of sp³-hybridized carbons (Fsp3) is 0.385. The molecule has 0 unspecified atom stereocenters. The third-order valence-electron chi connectivity index (χ3n) is 2.59. The fourth-order valence-corrected chi connectivity index (χ4v) is 1.58. The van der Waals surface area contributed by atoms with E-state index in [-0.39, 0.29) is 5.41 Å². The van der Waals surface area contributed by atoms with E-state index in [1.165, 1.54) is 17.5 Å². The second kappa shape index (κ2) is 4.08. The molecule has 0 aliphatic heterocycles. The van der Waals surface area contributed by atoms with Crippen LogP contribution in [0, 0.1) is 0 Å². The standard InChI is InChI=1S/C13H16N2O/c1-13(2,3)11-6-4-10(5-7-11)8-12-14-9-16-15-12/h4-7,9H,8H2,1-3H3. The fourth-order valence-electron chi connectivity index (χ4n) is 1.58. The van der Waals surface area contributed by atoms with Crippen LogP contribution in [0.15, 0.2) is 35.2 Å². The van der Waals surface area contributed by atoms with Crippen LogP contribution in [-0.4, -0.2) is 10.1 Å². The van der Waals surface area contributed by atoms with Crippen LogP contribution in [0.25, 0.3) is 0 Å². The zero-order valence-corrected chi connectivity index (χ0v) is 9.90. The molecular weight excluding hydrogens is 200 g/mol. The molecule has 0 bridgehead atoms. The van der Waals surface area contributed by atoms with Gasteiger partial charge >= 0.3 is 0 Å². The summed E-state index contributed by atoms with van der Waals surface area (Å²) in [4.78, 5) is 4.00. The summed E-state index contributed by atoms with van der Waals surface area (Å²) < 4.78 is 4.70. The number of aromatic nitrogens is 2. The summed E-state index contributed by atoms with van der Waals surface area (Å²) in [7, 11) is 0. The van der Waals surface area contributed by atoms with Gasteiger partial charge in [0, 0.05) is 6.42 Å². The summed E-state index contributed by atoms with van der Waals surface area (Å²) in [5, 5.41) is 3.80. The first kappa shape index (κ1) is 10.9. The lowest BCUT2D eigenvalue weighted by atomic mass is 9.86. The Morgan fingerprint density at radius 2 is 1.81 bits per heavy atom. The van der Waals surface area contributed by atoms with Gasteiger partial charge in [-0.3, -0.25) is 0 Å². The average Bonchev–Trinajstić information content (AvgIpc) is 2.70. The van der Waals surface area contributed by atoms with Gasteiger partial charge in [0.2, 0.25) is 6.39 Å². The second-order valence-corrected chi connectivity index (χ2v) is 4.97. The molecule has 1 aromatic carbocycles. The third kappa shape index (κ3) is 2.48. The van der Waals surface area contributed by atoms with Gasteiger partial charge in [-0.2, -0.15) is 4.98 Å². The molecule has 0 fully saturated rings. The summed E-state index contributed by atoms with van der Waals surface area (Å²) in [6, 6.07) is 8.57. The molecule has 0 spiro atoms. The van der Waals surface area contributed by atoms with Crippen molar-refractivity contribution in [2.75, 3.05) is 0 Å². The normalized spacial score (nSPS) is 11.7. The predicted molar refractivity (Wildman–Crippen MR) is 62.2 cm³/mol. The van der Waals surface area contributed by atoms with Crippen LogP contribution >= 0.6 is 0 Å². The van der Waals surface area contributed by atoms with Crippen LogP contribution in [0.4, 0.5) is 0 Å². The Balaban J connectivity index is 2.14. The van der Waals surface area contributed by atoms with Crippen molar-refractivity contribution < 1.29 is 4.52 Å². The maximum atomic E-state index is 4.70. The van der Waals surface area contributed by atoms with E-state index in [0.717, 1.165) is 12.2 Å². The van der Waals surface area contributed by atoms with Crippen LogP contribution in [0.3, 0.4) is 0 Å². The summed E-state index contributed by atoms with van der Waals surface area (Å²) in [6.07, 6.45) is 2.08. The molecule has 0 aliphatic carbocycles. The molecular formula is C13H16N2O. The van der Waals surface area contributed by atoms with E-state index in [2.05, 4.69) is 55.2 Å². The number of hydrogen-bond donors (Lipinski definition) is 0. The van der Waals surface area contributed by atoms with Crippen molar-refractivity contribution in [3.63, 3.8) is 0 Å². The Morgan fingerprint density at radius 1 is 1.12 bits per heavy atom. The summed E-state index contributed by atoms with van der Waals surface area (Å²) >= 11 is 0. The molecule has 1 aromatic heterocycles. The minimum atomic E-state index is 0.199. The predicted octanol–water partition coefficient (Wildman–Crippen LogP) is 2.96. The van der Waals surface area contributed by atoms with Crippen molar-refractivity contribution in [3.8, 4) is 0 Å². The second-order valence-electron chi connectivity index (χ2n) is 4.97. The molecule has 3 nitrogen and oxygen atoms in total. The van der Waals surface area contributed by atoms with Gasteiger partial charge in [-0.15, -0.1) is 0 Å². The highest BCUT2D eigenvalue weighted by molar-refractivity contribution is 5.28. The van der Waals surface area contributed by atoms with Crippen molar-refractivity contribution in [1.29, 1.82) is 0 Å². The van der Waals surface area contributed by atoms with E-state index in [0.29, 0.717) is 0 Å². The zero-order chi connectivity index (χ0) is 11.6. The molecule has 0 amide bonds. The minimum absolute atomic E-state index is 0.199. The van der Waals surface area contributed by atoms with Crippen LogP contribution in [0.1, 0.15) is 37.7 Å². The summed E-state index contributed by atoms with van der Waals surface area (Å²) in [5.41, 5.74) is 2.74. The SMILES string of the molecule is CC(C)(C)c1ccc(Cc2ncon2)cc1. The smallest absolute Gasteiger partial charge is 0.213 e. The van der Waals surface area contributed by atoms with Crippen molar-refractivity contribution >= 4 is 0 Å². The van der Waals surface area contributed by atoms with E-state index in [4.69, 9.17) is 4.52 Å². The van der Waals surface area contributed by atoms with Crippen LogP contribution in [0.2, 0.25) is 0 Å². The molecule has 84 valence electrons. The van der Waals surface area contributed by atoms with Crippen molar-refractivity contribution in [3.05, 3.63) is 47.6 Å². The van der Waals surface area contributed by atoms with Gasteiger partial charge in [-0.05, 0) is 16.5 Å². The molecule has 3 heteroatoms. The van der Waals surface area contributed by atoms with Gasteiger partial charge in [-0.25, -0.2) is 0 Å². The van der Waals surface area contributed by atoms with E-state index in [1.807, 2.05) is 0 Å². The number of nitrogens with zero attached hydrogens (tertiary/aromatic N) is 2. The average molecular weight is 216 g/mol. The Morgan fingerprint density at radius 3 is 2.31 bits per heavy atom. The first-order chi connectivity index (χ1) is 7.55. The van der Waals surface area contributed by atoms with Crippen molar-refractivity contribution in [2.45, 2.75) is 32.6 Å². The summed E-state index contributed by atoms with van der Waals surface area (Å²) in [5.74, 6) is 0.725. The maximum Gasteiger partial charge on any atom is 0.213 e. The minimum Gasteiger partial charge on any atom is -0.343 e. The summed E-state index contributed by atoms with van der Waals surface area (Å²) in [6.45, 7) is 6.63. The highest BCUT2D eigenvalue weighted by atomic mass is 16.5. The molecule has 1 heterocycles. The monoisotopic (exact) mass is 216 g/mol. The number of hydrogen-bond acceptors (Lipinski definition) is 3. The van der Waals surface area contributed by atoms with Gasteiger partial charge < -0.3 is 4.52 Å². The molecule has 16 heavy (non-hydrogen) atoms. The molecule has 2 aromatic rings. The zero-order valence-electron chi connectivity index (χ0n) is 9.90. The van der Waals surface area contributed by atoms with Gasteiger partial charge in [0.15, 0.2) is 5.82 Å². The Labute approximate surface area is 95.5 Å². The van der Waals surface area contributed by atoms with E-state index >= 15 is 0 Å². The Hall–Kier alpha value is -1.64. The largest absolute Gasteiger partial charge is 0.343 e. The topological polar surface area (TPSA) is 38.9 Å². The number of rotatable bonds is 2. The number of benzene rings is 1. The maximum absolute atomic E-state index is 4.70. The molecule has 0 saturated carbocycles. The first-order valence-electron chi connectivity index (χ1n) is 5.40. The van der Waals surface area contributed by atoms with E-state index in [1.54, 1.807) is 0 Å². The lowest BCUT2D eigenvalue weighted by Gasteiger charge is -2.18. The van der Waals surface area contributed by atoms with Crippen LogP contribution < -0.4 is 0 Å². The van der Waals surface area contributed by atoms with Crippen LogP contribution in [-0.2, 0) is 11.8 Å². The lowest BCUT2D eigenvalue weighted by Crippen LogP contribution is -2.10. The van der Waals surface area contributed by atoms with E-state index < -0.39 is 0 Å². The van der Waals surface area contributed by atoms with Crippen molar-refractivity contribution in [1.82, 2.24) is 10.1 Å². The van der Waals surface area contributed by atoms with Gasteiger partial charge in [0.1, 0.15) is 0 Å². The highest BCUT2D eigenvalue weighted by Gasteiger charge is 2.12. The molecule has 0 N–H and O–H groups in total. The Kier molecular flexibility index (Phi) is 2.77. The highest BCUT2D eigenvalue weighted by Crippen LogP contribution is 2.22. The van der Waals surface area contributed by atoms with Gasteiger partial charge in [0.25, 0.3) is 0 Å². The molecule has 0 aliphatic rings. The molecule has 0 saturated heterocycles. The first-order valence-corrected chi connectivity index (χ1v) is 5.40. The quantitative estimate of drug-likeness (QED) is 0.774. The molecule has 0 radical (unpaired) electrons. The van der Waals surface area contributed by atoms with Gasteiger partial charge in [0.05, 0.1) is 0 Å². The lowest BCUT2D eigenvalue weighted by molar-refractivity contribution is 0.411. The molecule has 2 rings (SSSR count). The van der Waals surface area contributed by atoms with Gasteiger partial charge in [-0.1, -0.05) is 50.2 Å². The Bertz CT molecular complexity index is 438. The van der Waals surface area contributed by atoms with Crippen molar-refractivity contribution in [2.24, 2.45) is 0 Å². The third-order valence-corrected chi connectivity index (χ3v) is 2.59. The van der Waals surface area contributed by atoms with E-state index in [9.17, 15) is 0 Å². The van der Waals surface area contributed by atoms with Crippen LogP contribution in [0.5, 0.6) is 0 Å². The molecule has 0 atom stereocenters.